The van der Waals surface area contributed by atoms with E-state index < -0.39 is 58.8 Å². The van der Waals surface area contributed by atoms with Gasteiger partial charge in [0.1, 0.15) is 10.6 Å². The molecule has 0 amide bonds. The maximum Gasteiger partial charge on any atom is 1.00 e. The summed E-state index contributed by atoms with van der Waals surface area (Å²) < 4.78 is 67.4. The van der Waals surface area contributed by atoms with E-state index in [9.17, 15) is 35.9 Å². The van der Waals surface area contributed by atoms with Crippen molar-refractivity contribution < 1.29 is 105 Å². The van der Waals surface area contributed by atoms with Gasteiger partial charge in [0.2, 0.25) is 5.78 Å². The number of hydrogen-bond donors (Lipinski definition) is 6. The Morgan fingerprint density at radius 1 is 0.696 bits per heavy atom. The van der Waals surface area contributed by atoms with Crippen molar-refractivity contribution in [2.45, 2.75) is 4.90 Å². The molecule has 56 heavy (non-hydrogen) atoms. The first-order valence-electron chi connectivity index (χ1n) is 15.2. The molecular formula is C34H25N8Na2O10S2+3. The summed E-state index contributed by atoms with van der Waals surface area (Å²) in [6.45, 7) is 0. The number of anilines is 2. The Morgan fingerprint density at radius 2 is 1.18 bits per heavy atom. The number of nitrogens with two attached hydrogens (primary N) is 1. The number of benzene rings is 2. The number of carbonyl (C=O) groups is 2. The molecule has 0 spiro atoms. The largest absolute Gasteiger partial charge is 1.00 e. The molecule has 272 valence electrons. The van der Waals surface area contributed by atoms with Crippen molar-refractivity contribution in [2.24, 2.45) is 30.6 Å². The summed E-state index contributed by atoms with van der Waals surface area (Å²) in [5.74, 6) is -1.27. The molecule has 0 radical (unpaired) electrons. The fourth-order valence-electron chi connectivity index (χ4n) is 5.03. The minimum absolute atomic E-state index is 0. The predicted octanol–water partition coefficient (Wildman–Crippen LogP) is -0.656. The van der Waals surface area contributed by atoms with Crippen LogP contribution < -0.4 is 70.1 Å². The maximum atomic E-state index is 13.8. The molecule has 0 bridgehead atoms. The van der Waals surface area contributed by atoms with E-state index in [1.54, 1.807) is 60.8 Å². The summed E-state index contributed by atoms with van der Waals surface area (Å²) in [6.07, 6.45) is 20.3. The topological polar surface area (TPSA) is 290 Å². The standard InChI is InChI=1S/C34H24N8O10S2.2Na/c35-31-30-21(17-28(53(47,48)49)32(31)40-38-24-9-13-26(14-10-24)42(45)46)18-29(54(50,51)52)33(34(30)44)41-39-23-7-3-20(4-8-23)19-1-5-22(6-2-19)36-37-25-11-15-27(43)16-12-25;;/h1-18,45-46H,(H4-,35,38,44,47,48,49,50,51,52);;/q;2*+1/p+1. The van der Waals surface area contributed by atoms with E-state index in [-0.39, 0.29) is 92.8 Å². The number of nitrogen functional groups attached to an aromatic ring is 1. The Morgan fingerprint density at radius 3 is 1.64 bits per heavy atom. The zero-order valence-corrected chi connectivity index (χ0v) is 34.8. The van der Waals surface area contributed by atoms with Crippen molar-refractivity contribution in [1.82, 2.24) is 0 Å². The smallest absolute Gasteiger partial charge is 0.396 e. The minimum atomic E-state index is -5.09. The van der Waals surface area contributed by atoms with Crippen molar-refractivity contribution in [3.05, 3.63) is 130 Å². The van der Waals surface area contributed by atoms with E-state index >= 15 is 0 Å². The number of rotatable bonds is 7. The number of fused-ring (bicyclic) bond motifs is 1. The molecule has 0 heterocycles. The third-order valence-electron chi connectivity index (χ3n) is 7.66. The molecule has 2 aromatic carbocycles. The van der Waals surface area contributed by atoms with Crippen molar-refractivity contribution in [1.29, 1.82) is 0 Å². The molecule has 7 N–H and O–H groups in total. The van der Waals surface area contributed by atoms with Crippen LogP contribution in [0.15, 0.2) is 155 Å². The molecule has 4 aliphatic rings. The molecule has 0 fully saturated rings. The fraction of sp³-hybridized carbons (Fsp3) is 0. The molecule has 0 unspecified atom stereocenters. The predicted molar refractivity (Wildman–Crippen MR) is 200 cm³/mol. The summed E-state index contributed by atoms with van der Waals surface area (Å²) in [6, 6.07) is 5.78. The van der Waals surface area contributed by atoms with Crippen LogP contribution in [0.5, 0.6) is 0 Å². The van der Waals surface area contributed by atoms with Gasteiger partial charge in [0.05, 0.1) is 39.8 Å². The molecule has 0 aliphatic heterocycles. The molecule has 2 aromatic rings. The van der Waals surface area contributed by atoms with E-state index in [0.29, 0.717) is 11.4 Å². The van der Waals surface area contributed by atoms with Crippen LogP contribution in [0.2, 0.25) is 0 Å². The number of carbonyl (C=O) groups excluding carboxylic acids is 2. The molecule has 0 atom stereocenters. The third kappa shape index (κ3) is 10.3. The SMILES string of the molecule is Nc1c(N=Nc2ccc(N(O)O)cc2)c(S(=O)(=O)O)cc2c1C(=O)C(=NN=C1C=CC(=C3C=CC(=NN=C4C=CC(=O)C=C4)C=C3)C=C1)C([S+](=O)(O)O)=C2.[Na+].[Na+]. The molecule has 22 heteroatoms. The van der Waals surface area contributed by atoms with Gasteiger partial charge in [-0.3, -0.25) is 24.6 Å². The van der Waals surface area contributed by atoms with Crippen molar-refractivity contribution in [3.63, 3.8) is 0 Å². The van der Waals surface area contributed by atoms with Gasteiger partial charge in [-0.05, 0) is 99.9 Å². The van der Waals surface area contributed by atoms with E-state index in [1.165, 1.54) is 36.4 Å². The zero-order chi connectivity index (χ0) is 38.8. The van der Waals surface area contributed by atoms with Crippen molar-refractivity contribution >= 4 is 83.9 Å². The van der Waals surface area contributed by atoms with Gasteiger partial charge < -0.3 is 5.73 Å². The summed E-state index contributed by atoms with van der Waals surface area (Å²) in [7, 11) is -10.0. The Balaban J connectivity index is 0.00000348. The quantitative estimate of drug-likeness (QED) is 0.0387. The molecule has 18 nitrogen and oxygen atoms in total. The summed E-state index contributed by atoms with van der Waals surface area (Å²) in [5, 5.41) is 41.9. The van der Waals surface area contributed by atoms with E-state index in [4.69, 9.17) is 16.1 Å². The molecule has 6 rings (SSSR count). The van der Waals surface area contributed by atoms with Gasteiger partial charge in [0, 0.05) is 6.08 Å². The number of allylic oxidation sites excluding steroid dienone is 15. The first-order valence-corrected chi connectivity index (χ1v) is 18.1. The van der Waals surface area contributed by atoms with Crippen LogP contribution in [0, 0.1) is 0 Å². The van der Waals surface area contributed by atoms with Crippen molar-refractivity contribution in [2.75, 3.05) is 11.0 Å². The normalized spacial score (nSPS) is 16.9. The number of Topliss-reactive ketones (excluding diaryl/α,β-unsaturated/α-hetero) is 1. The Kier molecular flexibility index (Phi) is 14.3. The first kappa shape index (κ1) is 44.2. The van der Waals surface area contributed by atoms with Gasteiger partial charge in [-0.2, -0.15) is 37.9 Å². The van der Waals surface area contributed by atoms with Crippen LogP contribution in [0.1, 0.15) is 15.9 Å². The maximum absolute atomic E-state index is 13.8. The number of nitrogens with zero attached hydrogens (tertiary/aromatic N) is 7. The third-order valence-corrected chi connectivity index (χ3v) is 9.41. The van der Waals surface area contributed by atoms with Crippen molar-refractivity contribution in [3.8, 4) is 0 Å². The molecular weight excluding hydrogens is 791 g/mol. The Hall–Kier alpha value is -4.52. The van der Waals surface area contributed by atoms with Gasteiger partial charge in [0.15, 0.2) is 11.5 Å². The summed E-state index contributed by atoms with van der Waals surface area (Å²) >= 11 is 0. The Labute approximate surface area is 363 Å². The van der Waals surface area contributed by atoms with Crippen LogP contribution >= 0.6 is 0 Å². The average molecular weight is 816 g/mol. The second-order valence-corrected chi connectivity index (χ2v) is 14.1. The second kappa shape index (κ2) is 18.2. The molecule has 0 saturated heterocycles. The van der Waals surface area contributed by atoms with Gasteiger partial charge in [-0.1, -0.05) is 24.3 Å². The van der Waals surface area contributed by atoms with Crippen LogP contribution in [-0.2, 0) is 29.6 Å². The average Bonchev–Trinajstić information content (AvgIpc) is 3.13. The second-order valence-electron chi connectivity index (χ2n) is 11.3. The fourth-order valence-corrected chi connectivity index (χ4v) is 6.37. The zero-order valence-electron chi connectivity index (χ0n) is 29.2. The Bertz CT molecular complexity index is 2540. The first-order chi connectivity index (χ1) is 25.6. The van der Waals surface area contributed by atoms with Crippen LogP contribution in [0.3, 0.4) is 0 Å². The van der Waals surface area contributed by atoms with E-state index in [2.05, 4.69) is 30.6 Å². The minimum Gasteiger partial charge on any atom is -0.396 e. The molecule has 0 aromatic heterocycles. The molecule has 0 saturated carbocycles. The summed E-state index contributed by atoms with van der Waals surface area (Å²) in [4.78, 5) is 23.2. The van der Waals surface area contributed by atoms with Gasteiger partial charge in [-0.15, -0.1) is 15.4 Å². The van der Waals surface area contributed by atoms with Crippen LogP contribution in [0.25, 0.3) is 6.08 Å². The van der Waals surface area contributed by atoms with Gasteiger partial charge in [-0.25, -0.2) is 0 Å². The molecule has 4 aliphatic carbocycles. The number of hydrogen-bond acceptors (Lipinski definition) is 15. The van der Waals surface area contributed by atoms with E-state index in [0.717, 1.165) is 23.3 Å². The number of azo groups is 1. The number of ketones is 2. The summed E-state index contributed by atoms with van der Waals surface area (Å²) in [5.41, 5.74) is 6.23. The van der Waals surface area contributed by atoms with Crippen LogP contribution in [-0.4, -0.2) is 66.9 Å². The van der Waals surface area contributed by atoms with Gasteiger partial charge in [0.25, 0.3) is 15.0 Å². The van der Waals surface area contributed by atoms with Crippen LogP contribution in [0.4, 0.5) is 22.7 Å². The van der Waals surface area contributed by atoms with Gasteiger partial charge >= 0.3 is 69.6 Å². The van der Waals surface area contributed by atoms with E-state index in [1.807, 2.05) is 0 Å². The monoisotopic (exact) mass is 815 g/mol.